The van der Waals surface area contributed by atoms with Crippen LogP contribution in [0.15, 0.2) is 48.8 Å². The minimum Gasteiger partial charge on any atom is -0.361 e. The molecule has 0 unspecified atom stereocenters. The molecule has 3 aromatic rings. The summed E-state index contributed by atoms with van der Waals surface area (Å²) in [6, 6.07) is 11.8. The summed E-state index contributed by atoms with van der Waals surface area (Å²) in [4.78, 5) is 9.75. The Morgan fingerprint density at radius 2 is 2.00 bits per heavy atom. The van der Waals surface area contributed by atoms with Crippen molar-refractivity contribution in [2.75, 3.05) is 13.1 Å². The lowest BCUT2D eigenvalue weighted by atomic mass is 9.87. The Morgan fingerprint density at radius 3 is 2.83 bits per heavy atom. The van der Waals surface area contributed by atoms with Crippen LogP contribution < -0.4 is 0 Å². The molecule has 0 amide bonds. The number of hydrogen-bond acceptors (Lipinski definition) is 2. The zero-order valence-corrected chi connectivity index (χ0v) is 13.0. The fraction of sp³-hybridized carbons (Fsp3) is 0.316. The quantitative estimate of drug-likeness (QED) is 0.790. The van der Waals surface area contributed by atoms with Crippen LogP contribution in [-0.2, 0) is 6.54 Å². The van der Waals surface area contributed by atoms with Gasteiger partial charge in [-0.05, 0) is 61.7 Å². The molecule has 1 N–H and O–H groups in total. The van der Waals surface area contributed by atoms with Gasteiger partial charge >= 0.3 is 0 Å². The molecule has 4 heteroatoms. The van der Waals surface area contributed by atoms with E-state index in [2.05, 4.69) is 39.1 Å². The maximum absolute atomic E-state index is 13.7. The summed E-state index contributed by atoms with van der Waals surface area (Å²) in [6.07, 6.45) is 5.89. The molecule has 0 saturated carbocycles. The van der Waals surface area contributed by atoms with Crippen LogP contribution in [0.2, 0.25) is 0 Å². The SMILES string of the molecule is Fc1cccnc1CN1CCC(c2cccc3[nH]ccc23)CC1. The molecule has 0 aliphatic carbocycles. The Morgan fingerprint density at radius 1 is 1.13 bits per heavy atom. The highest BCUT2D eigenvalue weighted by Gasteiger charge is 2.23. The summed E-state index contributed by atoms with van der Waals surface area (Å²) in [5, 5.41) is 1.33. The van der Waals surface area contributed by atoms with Crippen LogP contribution in [0.1, 0.15) is 30.0 Å². The molecular weight excluding hydrogens is 289 g/mol. The average molecular weight is 309 g/mol. The molecule has 0 atom stereocenters. The van der Waals surface area contributed by atoms with Crippen molar-refractivity contribution in [3.63, 3.8) is 0 Å². The zero-order chi connectivity index (χ0) is 15.6. The van der Waals surface area contributed by atoms with Crippen molar-refractivity contribution < 1.29 is 4.39 Å². The van der Waals surface area contributed by atoms with E-state index in [1.54, 1.807) is 12.3 Å². The minimum atomic E-state index is -0.202. The Bertz CT molecular complexity index is 803. The lowest BCUT2D eigenvalue weighted by Gasteiger charge is -2.32. The predicted molar refractivity (Wildman–Crippen MR) is 89.7 cm³/mol. The molecule has 1 aliphatic heterocycles. The molecule has 1 saturated heterocycles. The third-order valence-electron chi connectivity index (χ3n) is 4.86. The van der Waals surface area contributed by atoms with Crippen molar-refractivity contribution >= 4 is 10.9 Å². The van der Waals surface area contributed by atoms with E-state index >= 15 is 0 Å². The highest BCUT2D eigenvalue weighted by atomic mass is 19.1. The molecule has 1 aliphatic rings. The number of benzene rings is 1. The summed E-state index contributed by atoms with van der Waals surface area (Å²) in [6.45, 7) is 2.58. The lowest BCUT2D eigenvalue weighted by molar-refractivity contribution is 0.200. The van der Waals surface area contributed by atoms with Gasteiger partial charge < -0.3 is 4.98 Å². The molecule has 0 spiro atoms. The summed E-state index contributed by atoms with van der Waals surface area (Å²) in [5.41, 5.74) is 3.20. The summed E-state index contributed by atoms with van der Waals surface area (Å²) in [5.74, 6) is 0.381. The molecule has 118 valence electrons. The third-order valence-corrected chi connectivity index (χ3v) is 4.86. The summed E-state index contributed by atoms with van der Waals surface area (Å²) in [7, 11) is 0. The molecule has 1 aromatic carbocycles. The second kappa shape index (κ2) is 6.13. The molecule has 4 rings (SSSR count). The Hall–Kier alpha value is -2.20. The van der Waals surface area contributed by atoms with Gasteiger partial charge in [0, 0.05) is 29.8 Å². The van der Waals surface area contributed by atoms with Gasteiger partial charge in [0.15, 0.2) is 0 Å². The van der Waals surface area contributed by atoms with Crippen molar-refractivity contribution in [2.24, 2.45) is 0 Å². The molecule has 3 heterocycles. The normalized spacial score (nSPS) is 16.9. The Kier molecular flexibility index (Phi) is 3.83. The first kappa shape index (κ1) is 14.4. The van der Waals surface area contributed by atoms with Crippen molar-refractivity contribution in [2.45, 2.75) is 25.3 Å². The standard InChI is InChI=1S/C19H20FN3/c20-17-4-2-9-21-19(17)13-23-11-7-14(8-12-23)15-3-1-5-18-16(15)6-10-22-18/h1-6,9-10,14,22H,7-8,11-13H2. The van der Waals surface area contributed by atoms with Crippen molar-refractivity contribution in [3.8, 4) is 0 Å². The fourth-order valence-electron chi connectivity index (χ4n) is 3.61. The van der Waals surface area contributed by atoms with E-state index in [0.29, 0.717) is 18.2 Å². The van der Waals surface area contributed by atoms with E-state index < -0.39 is 0 Å². The average Bonchev–Trinajstić information content (AvgIpc) is 3.06. The van der Waals surface area contributed by atoms with Gasteiger partial charge in [-0.3, -0.25) is 9.88 Å². The zero-order valence-electron chi connectivity index (χ0n) is 13.0. The van der Waals surface area contributed by atoms with Gasteiger partial charge in [-0.25, -0.2) is 4.39 Å². The van der Waals surface area contributed by atoms with Gasteiger partial charge in [0.25, 0.3) is 0 Å². The molecule has 0 radical (unpaired) electrons. The van der Waals surface area contributed by atoms with Crippen molar-refractivity contribution in [1.82, 2.24) is 14.9 Å². The van der Waals surface area contributed by atoms with Crippen LogP contribution in [0, 0.1) is 5.82 Å². The monoisotopic (exact) mass is 309 g/mol. The second-order valence-corrected chi connectivity index (χ2v) is 6.27. The molecule has 1 fully saturated rings. The summed E-state index contributed by atoms with van der Waals surface area (Å²) < 4.78 is 13.7. The largest absolute Gasteiger partial charge is 0.361 e. The van der Waals surface area contributed by atoms with E-state index in [4.69, 9.17) is 0 Å². The number of fused-ring (bicyclic) bond motifs is 1. The van der Waals surface area contributed by atoms with Gasteiger partial charge in [0.05, 0.1) is 5.69 Å². The number of likely N-dealkylation sites (tertiary alicyclic amines) is 1. The van der Waals surface area contributed by atoms with Gasteiger partial charge in [-0.15, -0.1) is 0 Å². The second-order valence-electron chi connectivity index (χ2n) is 6.27. The van der Waals surface area contributed by atoms with Crippen LogP contribution in [0.3, 0.4) is 0 Å². The molecule has 3 nitrogen and oxygen atoms in total. The van der Waals surface area contributed by atoms with Gasteiger partial charge in [0.2, 0.25) is 0 Å². The first-order valence-electron chi connectivity index (χ1n) is 8.19. The number of hydrogen-bond donors (Lipinski definition) is 1. The minimum absolute atomic E-state index is 0.202. The van der Waals surface area contributed by atoms with Crippen LogP contribution in [-0.4, -0.2) is 28.0 Å². The molecular formula is C19H20FN3. The number of aromatic nitrogens is 2. The van der Waals surface area contributed by atoms with Crippen LogP contribution >= 0.6 is 0 Å². The number of pyridine rings is 1. The van der Waals surface area contributed by atoms with Crippen LogP contribution in [0.4, 0.5) is 4.39 Å². The van der Waals surface area contributed by atoms with Crippen molar-refractivity contribution in [3.05, 3.63) is 65.9 Å². The summed E-state index contributed by atoms with van der Waals surface area (Å²) >= 11 is 0. The first-order valence-corrected chi connectivity index (χ1v) is 8.19. The van der Waals surface area contributed by atoms with E-state index in [9.17, 15) is 4.39 Å². The van der Waals surface area contributed by atoms with Crippen LogP contribution in [0.5, 0.6) is 0 Å². The van der Waals surface area contributed by atoms with Crippen molar-refractivity contribution in [1.29, 1.82) is 0 Å². The van der Waals surface area contributed by atoms with Gasteiger partial charge in [-0.2, -0.15) is 0 Å². The maximum atomic E-state index is 13.7. The third kappa shape index (κ3) is 2.86. The maximum Gasteiger partial charge on any atom is 0.146 e. The van der Waals surface area contributed by atoms with Crippen LogP contribution in [0.25, 0.3) is 10.9 Å². The number of nitrogens with one attached hydrogen (secondary N) is 1. The number of nitrogens with zero attached hydrogens (tertiary/aromatic N) is 2. The van der Waals surface area contributed by atoms with E-state index in [0.717, 1.165) is 25.9 Å². The number of rotatable bonds is 3. The number of aromatic amines is 1. The highest BCUT2D eigenvalue weighted by molar-refractivity contribution is 5.83. The highest BCUT2D eigenvalue weighted by Crippen LogP contribution is 2.33. The predicted octanol–water partition coefficient (Wildman–Crippen LogP) is 4.08. The number of piperidine rings is 1. The van der Waals surface area contributed by atoms with E-state index in [1.807, 2.05) is 6.20 Å². The number of H-pyrrole nitrogens is 1. The Balaban J connectivity index is 1.45. The topological polar surface area (TPSA) is 31.9 Å². The fourth-order valence-corrected chi connectivity index (χ4v) is 3.61. The first-order chi connectivity index (χ1) is 11.3. The van der Waals surface area contributed by atoms with E-state index in [1.165, 1.54) is 22.5 Å². The molecule has 2 aromatic heterocycles. The number of halogens is 1. The van der Waals surface area contributed by atoms with E-state index in [-0.39, 0.29) is 5.82 Å². The molecule has 0 bridgehead atoms. The Labute approximate surface area is 135 Å². The lowest BCUT2D eigenvalue weighted by Crippen LogP contribution is -2.33. The molecule has 23 heavy (non-hydrogen) atoms. The van der Waals surface area contributed by atoms with Gasteiger partial charge in [0.1, 0.15) is 5.82 Å². The van der Waals surface area contributed by atoms with Gasteiger partial charge in [-0.1, -0.05) is 12.1 Å². The smallest absolute Gasteiger partial charge is 0.146 e.